The largest absolute Gasteiger partial charge is 0.153 e. The van der Waals surface area contributed by atoms with E-state index in [4.69, 9.17) is 0 Å². The van der Waals surface area contributed by atoms with Gasteiger partial charge in [-0.05, 0) is 0 Å². The molecule has 0 aromatic rings. The van der Waals surface area contributed by atoms with Crippen LogP contribution in [0.15, 0.2) is 0 Å². The van der Waals surface area contributed by atoms with Crippen LogP contribution in [-0.4, -0.2) is 8.41 Å². The van der Waals surface area contributed by atoms with E-state index in [0.717, 1.165) is 0 Å². The van der Waals surface area contributed by atoms with Crippen LogP contribution in [0.3, 0.4) is 0 Å². The summed E-state index contributed by atoms with van der Waals surface area (Å²) in [6.45, 7) is 0. The Kier molecular flexibility index (Phi) is 150. The molecule has 23 valence electrons. The second-order valence-corrected chi connectivity index (χ2v) is 0. The third-order valence-electron chi connectivity index (χ3n) is 0. The predicted molar refractivity (Wildman–Crippen MR) is 16.9 cm³/mol. The summed E-state index contributed by atoms with van der Waals surface area (Å²) in [5, 5.41) is 0. The van der Waals surface area contributed by atoms with Crippen molar-refractivity contribution < 1.29 is 57.9 Å². The Balaban J connectivity index is 0. The van der Waals surface area contributed by atoms with Crippen molar-refractivity contribution in [2.24, 2.45) is 0 Å². The van der Waals surface area contributed by atoms with Gasteiger partial charge in [-0.25, -0.2) is 0 Å². The Bertz CT molecular complexity index is 8.00. The van der Waals surface area contributed by atoms with Crippen LogP contribution in [-0.2, 0) is 17.1 Å². The van der Waals surface area contributed by atoms with Crippen LogP contribution in [0.1, 0.15) is 0 Å². The maximum atomic E-state index is 0. The zero-order chi connectivity index (χ0) is 0. The SMILES string of the molecule is P.[B].[Fe].[Nd]. The van der Waals surface area contributed by atoms with Crippen LogP contribution in [0, 0.1) is 40.8 Å². The molecule has 0 aliphatic carbocycles. The van der Waals surface area contributed by atoms with Crippen LogP contribution in [0.25, 0.3) is 0 Å². The molecule has 0 rings (SSSR count). The molecule has 0 N–H and O–H groups in total. The Morgan fingerprint density at radius 3 is 1.00 bits per heavy atom. The average Bonchev–Trinajstić information content (AvgIpc) is 0. The van der Waals surface area contributed by atoms with E-state index < -0.39 is 0 Å². The molecule has 0 saturated heterocycles. The Morgan fingerprint density at radius 2 is 1.00 bits per heavy atom. The van der Waals surface area contributed by atoms with Gasteiger partial charge in [-0.2, -0.15) is 9.90 Å². The molecule has 0 aliphatic rings. The van der Waals surface area contributed by atoms with Crippen LogP contribution < -0.4 is 0 Å². The van der Waals surface area contributed by atoms with E-state index in [2.05, 4.69) is 0 Å². The van der Waals surface area contributed by atoms with Gasteiger partial charge in [0, 0.05) is 66.3 Å². The van der Waals surface area contributed by atoms with E-state index in [1.54, 1.807) is 0 Å². The van der Waals surface area contributed by atoms with Gasteiger partial charge < -0.3 is 0 Å². The molecule has 0 aliphatic heterocycles. The van der Waals surface area contributed by atoms with Gasteiger partial charge in [-0.15, -0.1) is 0 Å². The fourth-order valence-corrected chi connectivity index (χ4v) is 0. The van der Waals surface area contributed by atoms with E-state index in [9.17, 15) is 0 Å². The number of hydrogen-bond donors (Lipinski definition) is 0. The van der Waals surface area contributed by atoms with Crippen LogP contribution in [0.4, 0.5) is 0 Å². The van der Waals surface area contributed by atoms with E-state index in [1.165, 1.54) is 0 Å². The predicted octanol–water partition coefficient (Wildman–Crippen LogP) is -0.325. The molecule has 1 atom stereocenters. The molecule has 0 spiro atoms. The molecule has 0 aromatic heterocycles. The Morgan fingerprint density at radius 1 is 1.00 bits per heavy atom. The molecule has 0 fully saturated rings. The molecular formula is H3BFeNdP. The smallest absolute Gasteiger partial charge is 0 e. The fraction of sp³-hybridized carbons (Fsp3) is 0. The maximum Gasteiger partial charge on any atom is 0 e. The van der Waals surface area contributed by atoms with Crippen molar-refractivity contribution in [3.63, 3.8) is 0 Å². The van der Waals surface area contributed by atoms with Gasteiger partial charge in [0.15, 0.2) is 0 Å². The van der Waals surface area contributed by atoms with Crippen LogP contribution in [0.2, 0.25) is 0 Å². The molecule has 0 nitrogen and oxygen atoms in total. The molecule has 1 unspecified atom stereocenters. The van der Waals surface area contributed by atoms with Crippen molar-refractivity contribution >= 4 is 18.3 Å². The Labute approximate surface area is 75.1 Å². The molecule has 0 heterocycles. The number of hydrogen-bond acceptors (Lipinski definition) is 0. The van der Waals surface area contributed by atoms with Crippen molar-refractivity contribution in [2.45, 2.75) is 0 Å². The standard InChI is InChI=1S/B.Fe.Nd.H3P/h;;;1H3. The maximum absolute atomic E-state index is 0. The summed E-state index contributed by atoms with van der Waals surface area (Å²) in [5.41, 5.74) is 0. The minimum Gasteiger partial charge on any atom is -0.153 e. The number of rotatable bonds is 0. The van der Waals surface area contributed by atoms with Crippen molar-refractivity contribution in [2.75, 3.05) is 0 Å². The fourth-order valence-electron chi connectivity index (χ4n) is 0. The molecule has 4 heteroatoms. The summed E-state index contributed by atoms with van der Waals surface area (Å²) >= 11 is 0. The van der Waals surface area contributed by atoms with Gasteiger partial charge in [0.2, 0.25) is 0 Å². The summed E-state index contributed by atoms with van der Waals surface area (Å²) in [7, 11) is 0. The summed E-state index contributed by atoms with van der Waals surface area (Å²) in [4.78, 5) is 0. The topological polar surface area (TPSA) is 0 Å². The average molecular weight is 245 g/mol. The normalized spacial score (nSPS) is 0. The van der Waals surface area contributed by atoms with Crippen molar-refractivity contribution in [3.8, 4) is 0 Å². The molecule has 4 heavy (non-hydrogen) atoms. The van der Waals surface area contributed by atoms with Gasteiger partial charge in [0.1, 0.15) is 0 Å². The van der Waals surface area contributed by atoms with E-state index >= 15 is 0 Å². The van der Waals surface area contributed by atoms with Crippen LogP contribution >= 0.6 is 9.90 Å². The van der Waals surface area contributed by atoms with Gasteiger partial charge in [-0.1, -0.05) is 0 Å². The summed E-state index contributed by atoms with van der Waals surface area (Å²) in [6, 6.07) is 0. The van der Waals surface area contributed by atoms with Crippen molar-refractivity contribution in [1.82, 2.24) is 0 Å². The molecule has 0 aromatic carbocycles. The quantitative estimate of drug-likeness (QED) is 0.405. The van der Waals surface area contributed by atoms with Gasteiger partial charge in [-0.3, -0.25) is 0 Å². The Hall–Kier alpha value is 2.37. The van der Waals surface area contributed by atoms with E-state index in [-0.39, 0.29) is 76.2 Å². The van der Waals surface area contributed by atoms with Crippen LogP contribution in [0.5, 0.6) is 0 Å². The minimum atomic E-state index is 0. The zero-order valence-electron chi connectivity index (χ0n) is 2.14. The first kappa shape index (κ1) is 32.8. The summed E-state index contributed by atoms with van der Waals surface area (Å²) in [6.07, 6.45) is 0. The zero-order valence-corrected chi connectivity index (χ0v) is 7.86. The van der Waals surface area contributed by atoms with Crippen molar-refractivity contribution in [3.05, 3.63) is 0 Å². The van der Waals surface area contributed by atoms with E-state index in [0.29, 0.717) is 0 Å². The monoisotopic (exact) mass is 243 g/mol. The first-order valence-electron chi connectivity index (χ1n) is 0. The first-order valence-corrected chi connectivity index (χ1v) is 0. The van der Waals surface area contributed by atoms with Crippen molar-refractivity contribution in [1.29, 1.82) is 0 Å². The summed E-state index contributed by atoms with van der Waals surface area (Å²) in [5.74, 6) is 0. The molecule has 3 radical (unpaired) electrons. The van der Waals surface area contributed by atoms with E-state index in [1.807, 2.05) is 0 Å². The third-order valence-corrected chi connectivity index (χ3v) is 0. The minimum absolute atomic E-state index is 0. The molecular weight excluding hydrogens is 242 g/mol. The van der Waals surface area contributed by atoms with Gasteiger partial charge >= 0.3 is 0 Å². The summed E-state index contributed by atoms with van der Waals surface area (Å²) < 4.78 is 0. The van der Waals surface area contributed by atoms with Gasteiger partial charge in [0.05, 0.1) is 0 Å². The molecule has 0 bridgehead atoms. The molecule has 0 amide bonds. The first-order chi connectivity index (χ1) is 0. The second-order valence-electron chi connectivity index (χ2n) is 0. The second kappa shape index (κ2) is 18.3. The molecule has 0 saturated carbocycles. The van der Waals surface area contributed by atoms with Gasteiger partial charge in [0.25, 0.3) is 0 Å². The third kappa shape index (κ3) is 8.84.